The summed E-state index contributed by atoms with van der Waals surface area (Å²) in [7, 11) is 0. The van der Waals surface area contributed by atoms with Crippen LogP contribution in [0.5, 0.6) is 5.75 Å². The standard InChI is InChI=1S/C18H15ClN2O/c19-21-18(9-11-22-16-6-3-10-20-17(16)18)15-8-7-13-4-1-2-5-14(13)12-15/h1-8,10,12,21H,9,11H2. The fraction of sp³-hybridized carbons (Fsp3) is 0.167. The molecule has 22 heavy (non-hydrogen) atoms. The zero-order valence-corrected chi connectivity index (χ0v) is 12.7. The van der Waals surface area contributed by atoms with E-state index in [2.05, 4.69) is 40.2 Å². The molecule has 1 aliphatic rings. The Kier molecular flexibility index (Phi) is 3.25. The lowest BCUT2D eigenvalue weighted by Crippen LogP contribution is -2.43. The second-order valence-corrected chi connectivity index (χ2v) is 5.70. The average Bonchev–Trinajstić information content (AvgIpc) is 2.60. The molecule has 110 valence electrons. The highest BCUT2D eigenvalue weighted by Crippen LogP contribution is 2.41. The predicted octanol–water partition coefficient (Wildman–Crippen LogP) is 4.00. The van der Waals surface area contributed by atoms with Crippen molar-refractivity contribution in [1.29, 1.82) is 0 Å². The first kappa shape index (κ1) is 13.6. The number of nitrogens with zero attached hydrogens (tertiary/aromatic N) is 1. The van der Waals surface area contributed by atoms with E-state index in [0.29, 0.717) is 6.61 Å². The molecule has 1 atom stereocenters. The Balaban J connectivity index is 1.94. The predicted molar refractivity (Wildman–Crippen MR) is 88.1 cm³/mol. The van der Waals surface area contributed by atoms with Crippen LogP contribution in [-0.2, 0) is 5.54 Å². The second kappa shape index (κ2) is 5.27. The van der Waals surface area contributed by atoms with Gasteiger partial charge in [-0.3, -0.25) is 4.98 Å². The van der Waals surface area contributed by atoms with E-state index in [0.717, 1.165) is 23.4 Å². The summed E-state index contributed by atoms with van der Waals surface area (Å²) in [6.45, 7) is 0.602. The van der Waals surface area contributed by atoms with Crippen LogP contribution in [-0.4, -0.2) is 11.6 Å². The molecular weight excluding hydrogens is 296 g/mol. The van der Waals surface area contributed by atoms with Crippen molar-refractivity contribution in [3.05, 3.63) is 72.1 Å². The Labute approximate surface area is 134 Å². The molecule has 1 aromatic heterocycles. The number of fused-ring (bicyclic) bond motifs is 2. The van der Waals surface area contributed by atoms with Crippen LogP contribution in [0.15, 0.2) is 60.8 Å². The molecule has 0 saturated heterocycles. The minimum atomic E-state index is -0.527. The number of aromatic nitrogens is 1. The van der Waals surface area contributed by atoms with Gasteiger partial charge in [-0.25, -0.2) is 4.84 Å². The van der Waals surface area contributed by atoms with Crippen LogP contribution in [0.25, 0.3) is 10.8 Å². The summed E-state index contributed by atoms with van der Waals surface area (Å²) in [5.41, 5.74) is 1.41. The number of ether oxygens (including phenoxy) is 1. The van der Waals surface area contributed by atoms with E-state index < -0.39 is 5.54 Å². The van der Waals surface area contributed by atoms with Gasteiger partial charge in [0.15, 0.2) is 0 Å². The van der Waals surface area contributed by atoms with Crippen LogP contribution >= 0.6 is 11.8 Å². The van der Waals surface area contributed by atoms with E-state index in [1.807, 2.05) is 24.3 Å². The molecular formula is C18H15ClN2O. The Morgan fingerprint density at radius 1 is 1.05 bits per heavy atom. The maximum atomic E-state index is 6.20. The number of hydrogen-bond donors (Lipinski definition) is 1. The minimum absolute atomic E-state index is 0.527. The molecule has 4 heteroatoms. The molecule has 2 aromatic carbocycles. The molecule has 0 amide bonds. The third kappa shape index (κ3) is 1.97. The molecule has 1 unspecified atom stereocenters. The van der Waals surface area contributed by atoms with Gasteiger partial charge in [-0.1, -0.05) is 36.4 Å². The Morgan fingerprint density at radius 3 is 2.77 bits per heavy atom. The number of pyridine rings is 1. The zero-order chi connectivity index (χ0) is 15.0. The molecule has 3 aromatic rings. The van der Waals surface area contributed by atoms with E-state index in [9.17, 15) is 0 Å². The summed E-state index contributed by atoms with van der Waals surface area (Å²) < 4.78 is 5.73. The molecule has 0 saturated carbocycles. The van der Waals surface area contributed by atoms with Crippen LogP contribution in [0.3, 0.4) is 0 Å². The quantitative estimate of drug-likeness (QED) is 0.726. The van der Waals surface area contributed by atoms with Crippen LogP contribution in [0.4, 0.5) is 0 Å². The monoisotopic (exact) mass is 310 g/mol. The summed E-state index contributed by atoms with van der Waals surface area (Å²) in [6, 6.07) is 18.5. The van der Waals surface area contributed by atoms with Gasteiger partial charge >= 0.3 is 0 Å². The SMILES string of the molecule is ClNC1(c2ccc3ccccc3c2)CCOc2cccnc21. The molecule has 0 radical (unpaired) electrons. The first-order valence-corrected chi connectivity index (χ1v) is 7.67. The van der Waals surface area contributed by atoms with E-state index >= 15 is 0 Å². The first-order chi connectivity index (χ1) is 10.8. The lowest BCUT2D eigenvalue weighted by Gasteiger charge is -2.37. The Hall–Kier alpha value is -2.10. The summed E-state index contributed by atoms with van der Waals surface area (Å²) in [6.07, 6.45) is 2.51. The highest BCUT2D eigenvalue weighted by atomic mass is 35.5. The highest BCUT2D eigenvalue weighted by Gasteiger charge is 2.40. The number of halogens is 1. The highest BCUT2D eigenvalue weighted by molar-refractivity contribution is 6.14. The van der Waals surface area contributed by atoms with Gasteiger partial charge in [0.2, 0.25) is 0 Å². The number of nitrogens with one attached hydrogen (secondary N) is 1. The third-order valence-corrected chi connectivity index (χ3v) is 4.64. The minimum Gasteiger partial charge on any atom is -0.491 e. The summed E-state index contributed by atoms with van der Waals surface area (Å²) in [5.74, 6) is 0.787. The van der Waals surface area contributed by atoms with Crippen LogP contribution in [0, 0.1) is 0 Å². The van der Waals surface area contributed by atoms with Crippen molar-refractivity contribution in [3.8, 4) is 5.75 Å². The number of hydrogen-bond acceptors (Lipinski definition) is 3. The molecule has 3 nitrogen and oxygen atoms in total. The van der Waals surface area contributed by atoms with E-state index in [1.165, 1.54) is 10.8 Å². The summed E-state index contributed by atoms with van der Waals surface area (Å²) >= 11 is 6.20. The smallest absolute Gasteiger partial charge is 0.143 e. The second-order valence-electron chi connectivity index (χ2n) is 5.51. The molecule has 2 heterocycles. The molecule has 0 aliphatic carbocycles. The van der Waals surface area contributed by atoms with Crippen molar-refractivity contribution < 1.29 is 4.74 Å². The maximum absolute atomic E-state index is 6.20. The van der Waals surface area contributed by atoms with E-state index in [4.69, 9.17) is 16.5 Å². The van der Waals surface area contributed by atoms with Crippen LogP contribution in [0.2, 0.25) is 0 Å². The van der Waals surface area contributed by atoms with E-state index in [-0.39, 0.29) is 0 Å². The van der Waals surface area contributed by atoms with E-state index in [1.54, 1.807) is 6.20 Å². The van der Waals surface area contributed by atoms with Gasteiger partial charge in [0, 0.05) is 12.6 Å². The van der Waals surface area contributed by atoms with Crippen LogP contribution in [0.1, 0.15) is 17.7 Å². The molecule has 4 rings (SSSR count). The third-order valence-electron chi connectivity index (χ3n) is 4.31. The largest absolute Gasteiger partial charge is 0.491 e. The van der Waals surface area contributed by atoms with Gasteiger partial charge in [0.25, 0.3) is 0 Å². The maximum Gasteiger partial charge on any atom is 0.143 e. The van der Waals surface area contributed by atoms with Gasteiger partial charge in [-0.2, -0.15) is 0 Å². The lowest BCUT2D eigenvalue weighted by molar-refractivity contribution is 0.223. The number of benzene rings is 2. The normalized spacial score (nSPS) is 20.4. The fourth-order valence-electron chi connectivity index (χ4n) is 3.14. The molecule has 1 aliphatic heterocycles. The topological polar surface area (TPSA) is 34.1 Å². The van der Waals surface area contributed by atoms with Crippen molar-refractivity contribution in [3.63, 3.8) is 0 Å². The molecule has 0 spiro atoms. The van der Waals surface area contributed by atoms with Crippen molar-refractivity contribution in [1.82, 2.24) is 9.82 Å². The molecule has 0 fully saturated rings. The zero-order valence-electron chi connectivity index (χ0n) is 11.9. The van der Waals surface area contributed by atoms with Gasteiger partial charge in [0.05, 0.1) is 6.61 Å². The number of rotatable bonds is 2. The van der Waals surface area contributed by atoms with Crippen molar-refractivity contribution >= 4 is 22.5 Å². The fourth-order valence-corrected chi connectivity index (χ4v) is 3.44. The van der Waals surface area contributed by atoms with Crippen molar-refractivity contribution in [2.24, 2.45) is 0 Å². The van der Waals surface area contributed by atoms with Crippen LogP contribution < -0.4 is 9.57 Å². The Morgan fingerprint density at radius 2 is 1.91 bits per heavy atom. The Bertz CT molecular complexity index is 836. The van der Waals surface area contributed by atoms with Gasteiger partial charge in [-0.15, -0.1) is 0 Å². The summed E-state index contributed by atoms with van der Waals surface area (Å²) in [4.78, 5) is 7.51. The van der Waals surface area contributed by atoms with Gasteiger partial charge in [-0.05, 0) is 46.3 Å². The molecule has 1 N–H and O–H groups in total. The van der Waals surface area contributed by atoms with Crippen molar-refractivity contribution in [2.75, 3.05) is 6.61 Å². The first-order valence-electron chi connectivity index (χ1n) is 7.29. The van der Waals surface area contributed by atoms with Gasteiger partial charge < -0.3 is 4.74 Å². The van der Waals surface area contributed by atoms with Crippen molar-refractivity contribution in [2.45, 2.75) is 12.0 Å². The average molecular weight is 311 g/mol. The van der Waals surface area contributed by atoms with Gasteiger partial charge in [0.1, 0.15) is 17.0 Å². The lowest BCUT2D eigenvalue weighted by atomic mass is 9.82. The molecule has 0 bridgehead atoms. The summed E-state index contributed by atoms with van der Waals surface area (Å²) in [5, 5.41) is 2.40.